The topological polar surface area (TPSA) is 47.8 Å². The molecule has 0 amide bonds. The molecule has 2 aromatic heterocycles. The zero-order valence-corrected chi connectivity index (χ0v) is 11.7. The second-order valence-electron chi connectivity index (χ2n) is 5.69. The number of aromatic nitrogens is 3. The van der Waals surface area contributed by atoms with Crippen molar-refractivity contribution in [3.8, 4) is 0 Å². The maximum Gasteiger partial charge on any atom is 0.252 e. The molecule has 4 nitrogen and oxygen atoms in total. The Labute approximate surface area is 111 Å². The highest BCUT2D eigenvalue weighted by Crippen LogP contribution is 2.20. The van der Waals surface area contributed by atoms with Crippen molar-refractivity contribution in [2.45, 2.75) is 34.2 Å². The van der Waals surface area contributed by atoms with Gasteiger partial charge in [-0.15, -0.1) is 0 Å². The molecule has 2 rings (SSSR count). The summed E-state index contributed by atoms with van der Waals surface area (Å²) in [5.74, 6) is 0. The number of pyridine rings is 1. The van der Waals surface area contributed by atoms with Gasteiger partial charge in [-0.3, -0.25) is 9.36 Å². The van der Waals surface area contributed by atoms with Crippen LogP contribution < -0.4 is 5.56 Å². The average molecular weight is 266 g/mol. The molecule has 0 aliphatic carbocycles. The highest BCUT2D eigenvalue weighted by Gasteiger charge is 2.16. The standard InChI is InChI=1S/C13H16ClN3O/c1-8-5-10(18)17(7-13(2,3)4)11-9(8)6-15-12(14)16-11/h5-6H,7H2,1-4H3. The number of aryl methyl sites for hydroxylation is 1. The molecule has 2 aromatic rings. The predicted octanol–water partition coefficient (Wildman–Crippen LogP) is 2.80. The van der Waals surface area contributed by atoms with Crippen molar-refractivity contribution >= 4 is 22.6 Å². The second-order valence-corrected chi connectivity index (χ2v) is 6.03. The number of halogens is 1. The summed E-state index contributed by atoms with van der Waals surface area (Å²) in [5.41, 5.74) is 1.42. The van der Waals surface area contributed by atoms with Crippen LogP contribution in [0.4, 0.5) is 0 Å². The minimum Gasteiger partial charge on any atom is -0.292 e. The third kappa shape index (κ3) is 2.53. The van der Waals surface area contributed by atoms with E-state index in [0.717, 1.165) is 10.9 Å². The van der Waals surface area contributed by atoms with Gasteiger partial charge in [-0.2, -0.15) is 4.98 Å². The number of nitrogens with zero attached hydrogens (tertiary/aromatic N) is 3. The predicted molar refractivity (Wildman–Crippen MR) is 73.0 cm³/mol. The fourth-order valence-electron chi connectivity index (χ4n) is 1.91. The van der Waals surface area contributed by atoms with E-state index in [-0.39, 0.29) is 16.3 Å². The smallest absolute Gasteiger partial charge is 0.252 e. The van der Waals surface area contributed by atoms with Crippen LogP contribution in [0, 0.1) is 12.3 Å². The van der Waals surface area contributed by atoms with E-state index in [1.807, 2.05) is 6.92 Å². The van der Waals surface area contributed by atoms with Crippen LogP contribution in [0.1, 0.15) is 26.3 Å². The Balaban J connectivity index is 2.78. The summed E-state index contributed by atoms with van der Waals surface area (Å²) in [5, 5.41) is 1.03. The minimum absolute atomic E-state index is 0.0105. The highest BCUT2D eigenvalue weighted by atomic mass is 35.5. The molecule has 0 bridgehead atoms. The van der Waals surface area contributed by atoms with Crippen molar-refractivity contribution in [3.63, 3.8) is 0 Å². The summed E-state index contributed by atoms with van der Waals surface area (Å²) in [4.78, 5) is 20.3. The first-order chi connectivity index (χ1) is 8.28. The minimum atomic E-state index is -0.0512. The number of rotatable bonds is 1. The van der Waals surface area contributed by atoms with E-state index < -0.39 is 0 Å². The molecule has 0 aliphatic rings. The van der Waals surface area contributed by atoms with Crippen molar-refractivity contribution in [3.05, 3.63) is 33.5 Å². The van der Waals surface area contributed by atoms with Crippen LogP contribution in [0.25, 0.3) is 11.0 Å². The van der Waals surface area contributed by atoms with Crippen LogP contribution in [0.15, 0.2) is 17.1 Å². The fourth-order valence-corrected chi connectivity index (χ4v) is 2.04. The van der Waals surface area contributed by atoms with Crippen molar-refractivity contribution in [1.29, 1.82) is 0 Å². The van der Waals surface area contributed by atoms with Crippen LogP contribution >= 0.6 is 11.6 Å². The van der Waals surface area contributed by atoms with Crippen molar-refractivity contribution in [2.75, 3.05) is 0 Å². The number of hydrogen-bond acceptors (Lipinski definition) is 3. The first-order valence-electron chi connectivity index (χ1n) is 5.81. The maximum absolute atomic E-state index is 12.1. The van der Waals surface area contributed by atoms with Crippen LogP contribution in [-0.4, -0.2) is 14.5 Å². The summed E-state index contributed by atoms with van der Waals surface area (Å²) < 4.78 is 1.66. The van der Waals surface area contributed by atoms with Gasteiger partial charge in [0.05, 0.1) is 0 Å². The van der Waals surface area contributed by atoms with Gasteiger partial charge in [0.2, 0.25) is 5.28 Å². The summed E-state index contributed by atoms with van der Waals surface area (Å²) in [7, 11) is 0. The van der Waals surface area contributed by atoms with Gasteiger partial charge >= 0.3 is 0 Å². The molecular formula is C13H16ClN3O. The molecule has 0 saturated carbocycles. The molecule has 0 spiro atoms. The van der Waals surface area contributed by atoms with Crippen LogP contribution in [0.2, 0.25) is 5.28 Å². The summed E-state index contributed by atoms with van der Waals surface area (Å²) >= 11 is 5.83. The molecular weight excluding hydrogens is 250 g/mol. The van der Waals surface area contributed by atoms with Gasteiger partial charge in [0.15, 0.2) is 0 Å². The zero-order chi connectivity index (χ0) is 13.5. The maximum atomic E-state index is 12.1. The van der Waals surface area contributed by atoms with Crippen molar-refractivity contribution in [2.24, 2.45) is 5.41 Å². The molecule has 2 heterocycles. The Hall–Kier alpha value is -1.42. The van der Waals surface area contributed by atoms with Gasteiger partial charge in [-0.1, -0.05) is 20.8 Å². The third-order valence-corrected chi connectivity index (χ3v) is 2.84. The molecule has 0 unspecified atom stereocenters. The monoisotopic (exact) mass is 265 g/mol. The van der Waals surface area contributed by atoms with E-state index in [9.17, 15) is 4.79 Å². The molecule has 96 valence electrons. The summed E-state index contributed by atoms with van der Waals surface area (Å²) in [6.07, 6.45) is 1.67. The normalized spacial score (nSPS) is 12.1. The number of fused-ring (bicyclic) bond motifs is 1. The van der Waals surface area contributed by atoms with E-state index in [2.05, 4.69) is 30.7 Å². The molecule has 0 aliphatic heterocycles. The van der Waals surface area contributed by atoms with E-state index in [1.54, 1.807) is 16.8 Å². The SMILES string of the molecule is Cc1cc(=O)n(CC(C)(C)C)c2nc(Cl)ncc12. The van der Waals surface area contributed by atoms with Crippen molar-refractivity contribution in [1.82, 2.24) is 14.5 Å². The zero-order valence-electron chi connectivity index (χ0n) is 11.0. The summed E-state index contributed by atoms with van der Waals surface area (Å²) in [6, 6.07) is 1.62. The lowest BCUT2D eigenvalue weighted by atomic mass is 9.96. The van der Waals surface area contributed by atoms with Gasteiger partial charge in [0, 0.05) is 24.2 Å². The van der Waals surface area contributed by atoms with Gasteiger partial charge in [0.25, 0.3) is 5.56 Å². The Kier molecular flexibility index (Phi) is 3.15. The largest absolute Gasteiger partial charge is 0.292 e. The first kappa shape index (κ1) is 13.0. The van der Waals surface area contributed by atoms with E-state index in [0.29, 0.717) is 12.2 Å². The lowest BCUT2D eigenvalue weighted by Crippen LogP contribution is -2.27. The van der Waals surface area contributed by atoms with Crippen molar-refractivity contribution < 1.29 is 0 Å². The van der Waals surface area contributed by atoms with Crippen LogP contribution in [0.3, 0.4) is 0 Å². The molecule has 5 heteroatoms. The van der Waals surface area contributed by atoms with Crippen LogP contribution in [-0.2, 0) is 6.54 Å². The third-order valence-electron chi connectivity index (χ3n) is 2.66. The average Bonchev–Trinajstić information content (AvgIpc) is 2.22. The molecule has 0 saturated heterocycles. The van der Waals surface area contributed by atoms with Gasteiger partial charge < -0.3 is 0 Å². The lowest BCUT2D eigenvalue weighted by molar-refractivity contribution is 0.343. The van der Waals surface area contributed by atoms with Crippen LogP contribution in [0.5, 0.6) is 0 Å². The first-order valence-corrected chi connectivity index (χ1v) is 6.18. The lowest BCUT2D eigenvalue weighted by Gasteiger charge is -2.21. The molecule has 0 fully saturated rings. The van der Waals surface area contributed by atoms with E-state index in [1.165, 1.54) is 0 Å². The Morgan fingerprint density at radius 3 is 2.67 bits per heavy atom. The van der Waals surface area contributed by atoms with Gasteiger partial charge in [-0.25, -0.2) is 4.98 Å². The molecule has 0 radical (unpaired) electrons. The highest BCUT2D eigenvalue weighted by molar-refractivity contribution is 6.28. The Bertz CT molecular complexity index is 656. The van der Waals surface area contributed by atoms with Gasteiger partial charge in [0.1, 0.15) is 5.65 Å². The molecule has 0 N–H and O–H groups in total. The Morgan fingerprint density at radius 1 is 1.39 bits per heavy atom. The van der Waals surface area contributed by atoms with Gasteiger partial charge in [-0.05, 0) is 29.5 Å². The fraction of sp³-hybridized carbons (Fsp3) is 0.462. The van der Waals surface area contributed by atoms with E-state index >= 15 is 0 Å². The summed E-state index contributed by atoms with van der Waals surface area (Å²) in [6.45, 7) is 8.70. The quantitative estimate of drug-likeness (QED) is 0.745. The molecule has 0 atom stereocenters. The van der Waals surface area contributed by atoms with E-state index in [4.69, 9.17) is 11.6 Å². The Morgan fingerprint density at radius 2 is 2.06 bits per heavy atom. The molecule has 0 aromatic carbocycles. The second kappa shape index (κ2) is 4.35. The number of hydrogen-bond donors (Lipinski definition) is 0. The molecule has 18 heavy (non-hydrogen) atoms.